The minimum Gasteiger partial charge on any atom is -0.497 e. The van der Waals surface area contributed by atoms with Crippen molar-refractivity contribution in [3.8, 4) is 5.75 Å². The molecule has 0 aromatic heterocycles. The predicted molar refractivity (Wildman–Crippen MR) is 85.0 cm³/mol. The molecule has 0 radical (unpaired) electrons. The molecule has 0 unspecified atom stereocenters. The first-order valence-corrected chi connectivity index (χ1v) is 6.84. The van der Waals surface area contributed by atoms with Gasteiger partial charge in [-0.05, 0) is 24.6 Å². The molecule has 0 saturated carbocycles. The summed E-state index contributed by atoms with van der Waals surface area (Å²) in [7, 11) is 1.60. The maximum atomic E-state index is 11.6. The van der Waals surface area contributed by atoms with Crippen LogP contribution < -0.4 is 10.2 Å². The Balaban J connectivity index is 1.88. The van der Waals surface area contributed by atoms with Crippen LogP contribution in [0.5, 0.6) is 5.75 Å². The molecule has 0 atom stereocenters. The Kier molecular flexibility index (Phi) is 5.54. The minimum atomic E-state index is -0.592. The molecule has 0 saturated heterocycles. The summed E-state index contributed by atoms with van der Waals surface area (Å²) in [6.07, 6.45) is -0.592. The molecule has 0 aliphatic carbocycles. The van der Waals surface area contributed by atoms with Gasteiger partial charge in [0.15, 0.2) is 0 Å². The van der Waals surface area contributed by atoms with Gasteiger partial charge < -0.3 is 9.47 Å². The summed E-state index contributed by atoms with van der Waals surface area (Å²) in [5.74, 6) is 0.735. The first-order valence-electron chi connectivity index (χ1n) is 6.84. The summed E-state index contributed by atoms with van der Waals surface area (Å²) in [6.45, 7) is 2.01. The van der Waals surface area contributed by atoms with Gasteiger partial charge >= 0.3 is 6.09 Å². The van der Waals surface area contributed by atoms with Crippen molar-refractivity contribution < 1.29 is 14.3 Å². The zero-order chi connectivity index (χ0) is 15.8. The van der Waals surface area contributed by atoms with E-state index in [0.29, 0.717) is 5.71 Å². The Hall–Kier alpha value is -2.82. The van der Waals surface area contributed by atoms with Crippen molar-refractivity contribution in [1.29, 1.82) is 0 Å². The van der Waals surface area contributed by atoms with Crippen molar-refractivity contribution in [2.45, 2.75) is 13.5 Å². The molecule has 2 rings (SSSR count). The molecular weight excluding hydrogens is 280 g/mol. The molecule has 5 heteroatoms. The second-order valence-corrected chi connectivity index (χ2v) is 4.60. The topological polar surface area (TPSA) is 59.9 Å². The lowest BCUT2D eigenvalue weighted by molar-refractivity contribution is 0.140. The van der Waals surface area contributed by atoms with E-state index in [1.54, 1.807) is 14.0 Å². The number of ether oxygens (including phenoxy) is 2. The first-order chi connectivity index (χ1) is 10.7. The monoisotopic (exact) mass is 298 g/mol. The van der Waals surface area contributed by atoms with E-state index in [2.05, 4.69) is 10.5 Å². The molecule has 2 aromatic rings. The molecule has 0 spiro atoms. The highest BCUT2D eigenvalue weighted by atomic mass is 16.6. The van der Waals surface area contributed by atoms with Crippen LogP contribution in [0.15, 0.2) is 59.7 Å². The zero-order valence-electron chi connectivity index (χ0n) is 12.6. The van der Waals surface area contributed by atoms with Crippen LogP contribution in [0, 0.1) is 0 Å². The van der Waals surface area contributed by atoms with E-state index < -0.39 is 6.09 Å². The zero-order valence-corrected chi connectivity index (χ0v) is 12.6. The Morgan fingerprint density at radius 2 is 1.91 bits per heavy atom. The molecule has 0 fully saturated rings. The third kappa shape index (κ3) is 4.63. The van der Waals surface area contributed by atoms with Gasteiger partial charge in [0.1, 0.15) is 12.4 Å². The number of hydrogen-bond donors (Lipinski definition) is 1. The van der Waals surface area contributed by atoms with E-state index in [9.17, 15) is 4.79 Å². The number of carbonyl (C=O) groups is 1. The molecule has 2 aromatic carbocycles. The number of benzene rings is 2. The average Bonchev–Trinajstić information content (AvgIpc) is 2.58. The predicted octanol–water partition coefficient (Wildman–Crippen LogP) is 3.35. The third-order valence-corrected chi connectivity index (χ3v) is 3.02. The molecule has 0 aliphatic rings. The molecule has 114 valence electrons. The molecule has 22 heavy (non-hydrogen) atoms. The lowest BCUT2D eigenvalue weighted by Gasteiger charge is -2.06. The summed E-state index contributed by atoms with van der Waals surface area (Å²) in [6, 6.07) is 16.9. The van der Waals surface area contributed by atoms with Crippen molar-refractivity contribution in [1.82, 2.24) is 5.43 Å². The summed E-state index contributed by atoms with van der Waals surface area (Å²) in [4.78, 5) is 11.6. The van der Waals surface area contributed by atoms with E-state index in [-0.39, 0.29) is 6.61 Å². The van der Waals surface area contributed by atoms with Crippen LogP contribution >= 0.6 is 0 Å². The second kappa shape index (κ2) is 7.83. The Labute approximate surface area is 129 Å². The van der Waals surface area contributed by atoms with Crippen molar-refractivity contribution in [2.24, 2.45) is 5.10 Å². The van der Waals surface area contributed by atoms with Crippen LogP contribution in [-0.2, 0) is 11.3 Å². The van der Waals surface area contributed by atoms with Crippen LogP contribution in [0.25, 0.3) is 0 Å². The second-order valence-electron chi connectivity index (χ2n) is 4.60. The van der Waals surface area contributed by atoms with Crippen molar-refractivity contribution in [3.05, 3.63) is 65.7 Å². The van der Waals surface area contributed by atoms with E-state index in [0.717, 1.165) is 16.9 Å². The van der Waals surface area contributed by atoms with Crippen molar-refractivity contribution in [2.75, 3.05) is 7.11 Å². The van der Waals surface area contributed by atoms with Gasteiger partial charge in [-0.15, -0.1) is 0 Å². The normalized spacial score (nSPS) is 10.9. The van der Waals surface area contributed by atoms with Gasteiger partial charge in [-0.1, -0.05) is 42.5 Å². The molecule has 0 bridgehead atoms. The molecule has 1 amide bonds. The van der Waals surface area contributed by atoms with Gasteiger partial charge in [-0.3, -0.25) is 0 Å². The van der Waals surface area contributed by atoms with Crippen LogP contribution in [0.2, 0.25) is 0 Å². The number of hydrogen-bond acceptors (Lipinski definition) is 4. The molecule has 1 N–H and O–H groups in total. The fourth-order valence-electron chi connectivity index (χ4n) is 1.80. The number of nitrogens with zero attached hydrogens (tertiary/aromatic N) is 1. The highest BCUT2D eigenvalue weighted by Gasteiger charge is 2.03. The number of hydrazone groups is 1. The maximum Gasteiger partial charge on any atom is 0.428 e. The lowest BCUT2D eigenvalue weighted by Crippen LogP contribution is -2.20. The summed E-state index contributed by atoms with van der Waals surface area (Å²) < 4.78 is 10.2. The molecule has 5 nitrogen and oxygen atoms in total. The summed E-state index contributed by atoms with van der Waals surface area (Å²) in [5, 5.41) is 4.02. The number of rotatable bonds is 5. The van der Waals surface area contributed by atoms with Gasteiger partial charge in [0.25, 0.3) is 0 Å². The van der Waals surface area contributed by atoms with Gasteiger partial charge in [0, 0.05) is 5.56 Å². The van der Waals surface area contributed by atoms with Crippen molar-refractivity contribution >= 4 is 11.8 Å². The smallest absolute Gasteiger partial charge is 0.428 e. The van der Waals surface area contributed by atoms with E-state index in [1.165, 1.54) is 0 Å². The van der Waals surface area contributed by atoms with Crippen LogP contribution in [0.1, 0.15) is 18.1 Å². The largest absolute Gasteiger partial charge is 0.497 e. The van der Waals surface area contributed by atoms with Gasteiger partial charge in [-0.25, -0.2) is 10.2 Å². The highest BCUT2D eigenvalue weighted by Crippen LogP contribution is 2.13. The third-order valence-electron chi connectivity index (χ3n) is 3.02. The van der Waals surface area contributed by atoms with Crippen LogP contribution in [0.3, 0.4) is 0 Å². The Morgan fingerprint density at radius 3 is 2.64 bits per heavy atom. The first kappa shape index (κ1) is 15.6. The fourth-order valence-corrected chi connectivity index (χ4v) is 1.80. The van der Waals surface area contributed by atoms with Gasteiger partial charge in [-0.2, -0.15) is 5.10 Å². The SMILES string of the molecule is COc1cccc(/C(C)=N/NC(=O)OCc2ccccc2)c1. The number of carbonyl (C=O) groups excluding carboxylic acids is 1. The summed E-state index contributed by atoms with van der Waals surface area (Å²) in [5.41, 5.74) is 4.82. The lowest BCUT2D eigenvalue weighted by atomic mass is 10.1. The molecule has 0 aliphatic heterocycles. The van der Waals surface area contributed by atoms with Gasteiger partial charge in [0.05, 0.1) is 12.8 Å². The van der Waals surface area contributed by atoms with E-state index in [4.69, 9.17) is 9.47 Å². The Morgan fingerprint density at radius 1 is 1.14 bits per heavy atom. The van der Waals surface area contributed by atoms with Crippen LogP contribution in [-0.4, -0.2) is 18.9 Å². The van der Waals surface area contributed by atoms with Gasteiger partial charge in [0.2, 0.25) is 0 Å². The molecular formula is C17H18N2O3. The average molecular weight is 298 g/mol. The van der Waals surface area contributed by atoms with E-state index >= 15 is 0 Å². The fraction of sp³-hybridized carbons (Fsp3) is 0.176. The van der Waals surface area contributed by atoms with Crippen LogP contribution in [0.4, 0.5) is 4.79 Å². The number of methoxy groups -OCH3 is 1. The number of amides is 1. The quantitative estimate of drug-likeness (QED) is 0.680. The van der Waals surface area contributed by atoms with E-state index in [1.807, 2.05) is 54.6 Å². The minimum absolute atomic E-state index is 0.209. The molecule has 0 heterocycles. The number of nitrogens with one attached hydrogen (secondary N) is 1. The standard InChI is InChI=1S/C17H18N2O3/c1-13(15-9-6-10-16(11-15)21-2)18-19-17(20)22-12-14-7-4-3-5-8-14/h3-11H,12H2,1-2H3,(H,19,20)/b18-13+. The maximum absolute atomic E-state index is 11.6. The summed E-state index contributed by atoms with van der Waals surface area (Å²) >= 11 is 0. The highest BCUT2D eigenvalue weighted by molar-refractivity contribution is 5.99. The Bertz CT molecular complexity index is 654. The van der Waals surface area contributed by atoms with Crippen molar-refractivity contribution in [3.63, 3.8) is 0 Å².